The van der Waals surface area contributed by atoms with Gasteiger partial charge < -0.3 is 24.2 Å². The molecule has 0 saturated carbocycles. The fraction of sp³-hybridized carbons (Fsp3) is 0.914. The molecule has 3 atom stereocenters. The fourth-order valence-corrected chi connectivity index (χ4v) is 9.43. The molecular formula is C58H111O11P. The van der Waals surface area contributed by atoms with Crippen LogP contribution in [0.2, 0.25) is 0 Å². The van der Waals surface area contributed by atoms with E-state index in [9.17, 15) is 28.9 Å². The number of carbonyl (C=O) groups is 3. The van der Waals surface area contributed by atoms with Crippen LogP contribution < -0.4 is 0 Å². The molecule has 0 aromatic rings. The molecule has 0 aromatic carbocycles. The summed E-state index contributed by atoms with van der Waals surface area (Å²) in [7, 11) is -4.73. The van der Waals surface area contributed by atoms with Gasteiger partial charge in [0.25, 0.3) is 0 Å². The van der Waals surface area contributed by atoms with Crippen molar-refractivity contribution in [2.75, 3.05) is 26.4 Å². The van der Waals surface area contributed by atoms with Crippen LogP contribution in [0.25, 0.3) is 0 Å². The molecule has 0 fully saturated rings. The minimum absolute atomic E-state index is 0.175. The Morgan fingerprint density at radius 3 is 0.986 bits per heavy atom. The van der Waals surface area contributed by atoms with Crippen molar-refractivity contribution in [3.05, 3.63) is 12.2 Å². The van der Waals surface area contributed by atoms with Crippen LogP contribution in [0.3, 0.4) is 0 Å². The van der Waals surface area contributed by atoms with Crippen LogP contribution in [0.4, 0.5) is 0 Å². The summed E-state index contributed by atoms with van der Waals surface area (Å²) < 4.78 is 39.5. The highest BCUT2D eigenvalue weighted by molar-refractivity contribution is 7.47. The molecule has 3 unspecified atom stereocenters. The minimum Gasteiger partial charge on any atom is -0.462 e. The van der Waals surface area contributed by atoms with Crippen LogP contribution in [-0.4, -0.2) is 66.5 Å². The molecule has 0 radical (unpaired) electrons. The van der Waals surface area contributed by atoms with Crippen molar-refractivity contribution in [3.8, 4) is 0 Å². The average molecular weight is 1020 g/mol. The van der Waals surface area contributed by atoms with Gasteiger partial charge in [0.2, 0.25) is 0 Å². The number of allylic oxidation sites excluding steroid dienone is 2. The second-order valence-electron chi connectivity index (χ2n) is 20.2. The number of phosphoric ester groups is 1. The number of phosphoric acid groups is 1. The lowest BCUT2D eigenvalue weighted by Gasteiger charge is -2.21. The van der Waals surface area contributed by atoms with Crippen molar-refractivity contribution < 1.29 is 52.2 Å². The van der Waals surface area contributed by atoms with Gasteiger partial charge in [-0.25, -0.2) is 4.57 Å². The molecule has 12 heteroatoms. The van der Waals surface area contributed by atoms with Crippen molar-refractivity contribution in [3.63, 3.8) is 0 Å². The lowest BCUT2D eigenvalue weighted by Crippen LogP contribution is -2.30. The number of hydrogen-bond acceptors (Lipinski definition) is 10. The third-order valence-electron chi connectivity index (χ3n) is 13.2. The van der Waals surface area contributed by atoms with Crippen LogP contribution in [0.5, 0.6) is 0 Å². The first-order valence-electron chi connectivity index (χ1n) is 29.6. The van der Waals surface area contributed by atoms with Crippen molar-refractivity contribution in [2.45, 2.75) is 315 Å². The molecule has 0 saturated heterocycles. The van der Waals surface area contributed by atoms with E-state index in [1.807, 2.05) is 0 Å². The Morgan fingerprint density at radius 1 is 0.386 bits per heavy atom. The van der Waals surface area contributed by atoms with Gasteiger partial charge in [-0.2, -0.15) is 0 Å². The van der Waals surface area contributed by atoms with E-state index in [4.69, 9.17) is 23.3 Å². The third-order valence-corrected chi connectivity index (χ3v) is 14.1. The van der Waals surface area contributed by atoms with Gasteiger partial charge in [-0.1, -0.05) is 251 Å². The van der Waals surface area contributed by atoms with Crippen molar-refractivity contribution in [1.29, 1.82) is 0 Å². The molecule has 0 rings (SSSR count). The largest absolute Gasteiger partial charge is 0.472 e. The van der Waals surface area contributed by atoms with Gasteiger partial charge in [-0.15, -0.1) is 0 Å². The molecule has 414 valence electrons. The zero-order chi connectivity index (χ0) is 51.3. The van der Waals surface area contributed by atoms with Gasteiger partial charge in [-0.3, -0.25) is 23.4 Å². The molecule has 0 aromatic heterocycles. The zero-order valence-corrected chi connectivity index (χ0v) is 46.7. The summed E-state index contributed by atoms with van der Waals surface area (Å²) in [5.74, 6) is -1.45. The van der Waals surface area contributed by atoms with Crippen LogP contribution in [0, 0.1) is 0 Å². The quantitative estimate of drug-likeness (QED) is 0.0197. The van der Waals surface area contributed by atoms with E-state index in [0.29, 0.717) is 19.3 Å². The molecule has 11 nitrogen and oxygen atoms in total. The molecule has 2 N–H and O–H groups in total. The van der Waals surface area contributed by atoms with Crippen molar-refractivity contribution >= 4 is 25.7 Å². The number of carbonyl (C=O) groups excluding carboxylic acids is 3. The Kier molecular flexibility index (Phi) is 52.1. The van der Waals surface area contributed by atoms with E-state index >= 15 is 0 Å². The standard InChI is InChI=1S/C58H111O11P/c1-4-7-10-13-16-19-21-23-25-26-27-28-30-32-34-37-40-43-46-49-58(62)69-55(51-65-56(60)47-44-41-38-36-33-31-29-24-22-20-17-14-11-8-5-2)53-67-70(63,64)66-52-54(50-59)68-57(61)48-45-42-39-35-18-15-12-9-6-3/h24,29,54-55,59H,4-23,25-28,30-53H2,1-3H3,(H,63,64)/b29-24-. The van der Waals surface area contributed by atoms with Gasteiger partial charge in [0.15, 0.2) is 6.10 Å². The number of aliphatic hydroxyl groups is 1. The van der Waals surface area contributed by atoms with E-state index in [1.54, 1.807) is 0 Å². The summed E-state index contributed by atoms with van der Waals surface area (Å²) in [5.41, 5.74) is 0. The summed E-state index contributed by atoms with van der Waals surface area (Å²) in [6, 6.07) is 0. The van der Waals surface area contributed by atoms with Crippen molar-refractivity contribution in [1.82, 2.24) is 0 Å². The predicted octanol–water partition coefficient (Wildman–Crippen LogP) is 17.3. The van der Waals surface area contributed by atoms with Gasteiger partial charge >= 0.3 is 25.7 Å². The van der Waals surface area contributed by atoms with Gasteiger partial charge in [0.05, 0.1) is 19.8 Å². The predicted molar refractivity (Wildman–Crippen MR) is 289 cm³/mol. The van der Waals surface area contributed by atoms with Crippen LogP contribution in [0.1, 0.15) is 303 Å². The number of unbranched alkanes of at least 4 members (excludes halogenated alkanes) is 37. The Balaban J connectivity index is 4.65. The maximum Gasteiger partial charge on any atom is 0.472 e. The minimum atomic E-state index is -4.73. The van der Waals surface area contributed by atoms with Gasteiger partial charge in [0, 0.05) is 19.3 Å². The molecule has 70 heavy (non-hydrogen) atoms. The third kappa shape index (κ3) is 51.1. The maximum atomic E-state index is 12.9. The number of hydrogen-bond donors (Lipinski definition) is 2. The second kappa shape index (κ2) is 53.5. The summed E-state index contributed by atoms with van der Waals surface area (Å²) in [4.78, 5) is 48.4. The number of ether oxygens (including phenoxy) is 3. The second-order valence-corrected chi connectivity index (χ2v) is 21.6. The molecule has 0 aliphatic heterocycles. The van der Waals surface area contributed by atoms with E-state index in [2.05, 4.69) is 32.9 Å². The van der Waals surface area contributed by atoms with E-state index < -0.39 is 57.8 Å². The van der Waals surface area contributed by atoms with E-state index in [-0.39, 0.29) is 25.9 Å². The lowest BCUT2D eigenvalue weighted by atomic mass is 10.0. The monoisotopic (exact) mass is 1010 g/mol. The number of esters is 3. The first-order valence-corrected chi connectivity index (χ1v) is 31.1. The average Bonchev–Trinajstić information content (AvgIpc) is 3.35. The molecule has 0 aliphatic rings. The highest BCUT2D eigenvalue weighted by Gasteiger charge is 2.28. The summed E-state index contributed by atoms with van der Waals surface area (Å²) >= 11 is 0. The molecule has 0 heterocycles. The molecular weight excluding hydrogens is 904 g/mol. The number of rotatable bonds is 56. The summed E-state index contributed by atoms with van der Waals surface area (Å²) in [6.07, 6.45) is 51.8. The van der Waals surface area contributed by atoms with Gasteiger partial charge in [0.1, 0.15) is 12.7 Å². The smallest absolute Gasteiger partial charge is 0.462 e. The zero-order valence-electron chi connectivity index (χ0n) is 45.8. The van der Waals surface area contributed by atoms with Crippen LogP contribution in [-0.2, 0) is 42.2 Å². The summed E-state index contributed by atoms with van der Waals surface area (Å²) in [5, 5.41) is 9.77. The molecule has 0 spiro atoms. The maximum absolute atomic E-state index is 12.9. The normalized spacial score (nSPS) is 13.4. The van der Waals surface area contributed by atoms with E-state index in [0.717, 1.165) is 77.0 Å². The first-order chi connectivity index (χ1) is 34.2. The first kappa shape index (κ1) is 68.2. The summed E-state index contributed by atoms with van der Waals surface area (Å²) in [6.45, 7) is 4.66. The molecule has 0 amide bonds. The fourth-order valence-electron chi connectivity index (χ4n) is 8.65. The van der Waals surface area contributed by atoms with Gasteiger partial charge in [-0.05, 0) is 44.9 Å². The SMILES string of the molecule is CCCCCCCC/C=C\CCCCCCCC(=O)OCC(COP(=O)(O)OCC(CO)OC(=O)CCCCCCCCCCC)OC(=O)CCCCCCCCCCCCCCCCCCCCC. The lowest BCUT2D eigenvalue weighted by molar-refractivity contribution is -0.161. The van der Waals surface area contributed by atoms with E-state index in [1.165, 1.54) is 167 Å². The van der Waals surface area contributed by atoms with Crippen molar-refractivity contribution in [2.24, 2.45) is 0 Å². The van der Waals surface area contributed by atoms with Crippen LogP contribution in [0.15, 0.2) is 12.2 Å². The Hall–Kier alpha value is -1.78. The van der Waals surface area contributed by atoms with Crippen LogP contribution >= 0.6 is 7.82 Å². The molecule has 0 bridgehead atoms. The Bertz CT molecular complexity index is 1230. The molecule has 0 aliphatic carbocycles. The topological polar surface area (TPSA) is 155 Å². The Morgan fingerprint density at radius 2 is 0.657 bits per heavy atom. The highest BCUT2D eigenvalue weighted by atomic mass is 31.2. The Labute approximate surface area is 430 Å². The number of aliphatic hydroxyl groups excluding tert-OH is 1. The highest BCUT2D eigenvalue weighted by Crippen LogP contribution is 2.43.